The summed E-state index contributed by atoms with van der Waals surface area (Å²) in [6, 6.07) is 19.3. The summed E-state index contributed by atoms with van der Waals surface area (Å²) in [5.74, 6) is 1.84. The van der Waals surface area contributed by atoms with Crippen LogP contribution in [0.3, 0.4) is 0 Å². The molecule has 160 valence electrons. The van der Waals surface area contributed by atoms with Crippen LogP contribution < -0.4 is 9.64 Å². The Bertz CT molecular complexity index is 990. The van der Waals surface area contributed by atoms with Crippen molar-refractivity contribution in [1.29, 1.82) is 0 Å². The van der Waals surface area contributed by atoms with E-state index < -0.39 is 0 Å². The Balaban J connectivity index is 1.23. The summed E-state index contributed by atoms with van der Waals surface area (Å²) in [5.41, 5.74) is 1.98. The molecule has 1 aromatic heterocycles. The van der Waals surface area contributed by atoms with E-state index in [2.05, 4.69) is 14.9 Å². The van der Waals surface area contributed by atoms with Gasteiger partial charge in [0, 0.05) is 49.3 Å². The first kappa shape index (κ1) is 21.1. The van der Waals surface area contributed by atoms with Crippen molar-refractivity contribution < 1.29 is 9.53 Å². The number of piperazine rings is 1. The number of benzene rings is 2. The van der Waals surface area contributed by atoms with Crippen molar-refractivity contribution >= 4 is 23.3 Å². The van der Waals surface area contributed by atoms with E-state index in [0.717, 1.165) is 35.9 Å². The average Bonchev–Trinajstić information content (AvgIpc) is 2.83. The molecule has 1 saturated heterocycles. The topological polar surface area (TPSA) is 58.6 Å². The number of hydrogen-bond acceptors (Lipinski definition) is 5. The van der Waals surface area contributed by atoms with Crippen molar-refractivity contribution in [1.82, 2.24) is 14.9 Å². The van der Waals surface area contributed by atoms with E-state index >= 15 is 0 Å². The third-order valence-electron chi connectivity index (χ3n) is 5.30. The summed E-state index contributed by atoms with van der Waals surface area (Å²) >= 11 is 5.87. The second kappa shape index (κ2) is 10.3. The highest BCUT2D eigenvalue weighted by molar-refractivity contribution is 6.30. The van der Waals surface area contributed by atoms with Crippen LogP contribution in [0.4, 0.5) is 5.82 Å². The number of ether oxygens (including phenoxy) is 1. The van der Waals surface area contributed by atoms with Gasteiger partial charge in [0.2, 0.25) is 5.91 Å². The predicted octanol–water partition coefficient (Wildman–Crippen LogP) is 4.30. The SMILES string of the molecule is O=C(CCCOc1ccc(Cl)cc1)N1CCN(c2cc(-c3ccccc3)ncn2)CC1. The number of rotatable bonds is 7. The molecule has 3 aromatic rings. The number of carbonyl (C=O) groups excluding carboxylic acids is 1. The molecule has 7 heteroatoms. The zero-order chi connectivity index (χ0) is 21.5. The molecule has 0 bridgehead atoms. The van der Waals surface area contributed by atoms with Gasteiger partial charge < -0.3 is 14.5 Å². The van der Waals surface area contributed by atoms with E-state index in [-0.39, 0.29) is 5.91 Å². The lowest BCUT2D eigenvalue weighted by atomic mass is 10.1. The quantitative estimate of drug-likeness (QED) is 0.517. The first-order valence-electron chi connectivity index (χ1n) is 10.5. The molecule has 31 heavy (non-hydrogen) atoms. The van der Waals surface area contributed by atoms with Gasteiger partial charge in [-0.3, -0.25) is 4.79 Å². The van der Waals surface area contributed by atoms with Crippen LogP contribution >= 0.6 is 11.6 Å². The maximum atomic E-state index is 12.5. The number of carbonyl (C=O) groups is 1. The van der Waals surface area contributed by atoms with Crippen LogP contribution in [0.1, 0.15) is 12.8 Å². The molecule has 0 saturated carbocycles. The van der Waals surface area contributed by atoms with E-state index in [1.807, 2.05) is 53.4 Å². The summed E-state index contributed by atoms with van der Waals surface area (Å²) in [6.45, 7) is 3.43. The summed E-state index contributed by atoms with van der Waals surface area (Å²) < 4.78 is 5.67. The van der Waals surface area contributed by atoms with Crippen molar-refractivity contribution in [3.05, 3.63) is 72.0 Å². The molecule has 4 rings (SSSR count). The minimum absolute atomic E-state index is 0.173. The number of anilines is 1. The van der Waals surface area contributed by atoms with Crippen LogP contribution in [-0.4, -0.2) is 53.6 Å². The molecule has 1 aliphatic rings. The van der Waals surface area contributed by atoms with Crippen LogP contribution in [0, 0.1) is 0 Å². The summed E-state index contributed by atoms with van der Waals surface area (Å²) in [6.07, 6.45) is 2.78. The molecule has 1 aliphatic heterocycles. The average molecular weight is 437 g/mol. The molecular weight excluding hydrogens is 412 g/mol. The Morgan fingerprint density at radius 2 is 1.71 bits per heavy atom. The fraction of sp³-hybridized carbons (Fsp3) is 0.292. The molecule has 0 N–H and O–H groups in total. The highest BCUT2D eigenvalue weighted by Crippen LogP contribution is 2.21. The third kappa shape index (κ3) is 5.73. The minimum atomic E-state index is 0.173. The molecule has 0 radical (unpaired) electrons. The maximum Gasteiger partial charge on any atom is 0.222 e. The second-order valence-electron chi connectivity index (χ2n) is 7.40. The Labute approximate surface area is 187 Å². The van der Waals surface area contributed by atoms with Gasteiger partial charge in [-0.1, -0.05) is 41.9 Å². The van der Waals surface area contributed by atoms with Crippen molar-refractivity contribution in [3.63, 3.8) is 0 Å². The lowest BCUT2D eigenvalue weighted by Gasteiger charge is -2.35. The largest absolute Gasteiger partial charge is 0.494 e. The van der Waals surface area contributed by atoms with E-state index in [1.165, 1.54) is 0 Å². The molecule has 0 unspecified atom stereocenters. The van der Waals surface area contributed by atoms with Gasteiger partial charge in [0.15, 0.2) is 0 Å². The summed E-state index contributed by atoms with van der Waals surface area (Å²) in [5, 5.41) is 0.680. The van der Waals surface area contributed by atoms with Gasteiger partial charge >= 0.3 is 0 Å². The van der Waals surface area contributed by atoms with Gasteiger partial charge in [0.1, 0.15) is 17.9 Å². The number of amides is 1. The maximum absolute atomic E-state index is 12.5. The Morgan fingerprint density at radius 1 is 0.968 bits per heavy atom. The number of halogens is 1. The molecule has 0 spiro atoms. The summed E-state index contributed by atoms with van der Waals surface area (Å²) in [7, 11) is 0. The van der Waals surface area contributed by atoms with E-state index in [9.17, 15) is 4.79 Å². The highest BCUT2D eigenvalue weighted by atomic mass is 35.5. The van der Waals surface area contributed by atoms with Crippen molar-refractivity contribution in [2.24, 2.45) is 0 Å². The van der Waals surface area contributed by atoms with Crippen LogP contribution in [-0.2, 0) is 4.79 Å². The molecule has 0 aliphatic carbocycles. The van der Waals surface area contributed by atoms with E-state index in [0.29, 0.717) is 37.6 Å². The van der Waals surface area contributed by atoms with Crippen LogP contribution in [0.25, 0.3) is 11.3 Å². The minimum Gasteiger partial charge on any atom is -0.494 e. The van der Waals surface area contributed by atoms with E-state index in [4.69, 9.17) is 16.3 Å². The first-order chi connectivity index (χ1) is 15.2. The molecule has 6 nitrogen and oxygen atoms in total. The van der Waals surface area contributed by atoms with Gasteiger partial charge in [0.25, 0.3) is 0 Å². The standard InChI is InChI=1S/C24H25ClN4O2/c25-20-8-10-21(11-9-20)31-16-4-7-24(30)29-14-12-28(13-15-29)23-17-22(26-18-27-23)19-5-2-1-3-6-19/h1-3,5-6,8-11,17-18H,4,7,12-16H2. The number of nitrogens with zero attached hydrogens (tertiary/aromatic N) is 4. The Kier molecular flexibility index (Phi) is 6.99. The Hall–Kier alpha value is -3.12. The van der Waals surface area contributed by atoms with Gasteiger partial charge in [-0.25, -0.2) is 9.97 Å². The van der Waals surface area contributed by atoms with Crippen molar-refractivity contribution in [3.8, 4) is 17.0 Å². The predicted molar refractivity (Wildman–Crippen MR) is 122 cm³/mol. The van der Waals surface area contributed by atoms with Crippen molar-refractivity contribution in [2.75, 3.05) is 37.7 Å². The third-order valence-corrected chi connectivity index (χ3v) is 5.55. The normalized spacial score (nSPS) is 13.8. The van der Waals surface area contributed by atoms with Gasteiger partial charge in [0.05, 0.1) is 12.3 Å². The zero-order valence-electron chi connectivity index (χ0n) is 17.3. The molecular formula is C24H25ClN4O2. The molecule has 0 atom stereocenters. The van der Waals surface area contributed by atoms with Crippen LogP contribution in [0.2, 0.25) is 5.02 Å². The number of aromatic nitrogens is 2. The van der Waals surface area contributed by atoms with E-state index in [1.54, 1.807) is 18.5 Å². The molecule has 1 amide bonds. The van der Waals surface area contributed by atoms with Gasteiger partial charge in [-0.15, -0.1) is 0 Å². The fourth-order valence-electron chi connectivity index (χ4n) is 3.57. The lowest BCUT2D eigenvalue weighted by Crippen LogP contribution is -2.49. The molecule has 2 aromatic carbocycles. The fourth-order valence-corrected chi connectivity index (χ4v) is 3.70. The number of hydrogen-bond donors (Lipinski definition) is 0. The summed E-state index contributed by atoms with van der Waals surface area (Å²) in [4.78, 5) is 25.5. The molecule has 2 heterocycles. The lowest BCUT2D eigenvalue weighted by molar-refractivity contribution is -0.131. The van der Waals surface area contributed by atoms with Gasteiger partial charge in [-0.2, -0.15) is 0 Å². The molecule has 1 fully saturated rings. The van der Waals surface area contributed by atoms with Crippen LogP contribution in [0.15, 0.2) is 67.0 Å². The highest BCUT2D eigenvalue weighted by Gasteiger charge is 2.22. The van der Waals surface area contributed by atoms with Crippen LogP contribution in [0.5, 0.6) is 5.75 Å². The second-order valence-corrected chi connectivity index (χ2v) is 7.84. The van der Waals surface area contributed by atoms with Crippen molar-refractivity contribution in [2.45, 2.75) is 12.8 Å². The van der Waals surface area contributed by atoms with Gasteiger partial charge in [-0.05, 0) is 30.7 Å². The monoisotopic (exact) mass is 436 g/mol. The zero-order valence-corrected chi connectivity index (χ0v) is 18.0. The first-order valence-corrected chi connectivity index (χ1v) is 10.9. The smallest absolute Gasteiger partial charge is 0.222 e. The Morgan fingerprint density at radius 3 is 2.45 bits per heavy atom.